The van der Waals surface area contributed by atoms with Crippen LogP contribution in [0.1, 0.15) is 16.1 Å². The van der Waals surface area contributed by atoms with Crippen molar-refractivity contribution in [1.29, 1.82) is 0 Å². The van der Waals surface area contributed by atoms with Gasteiger partial charge in [0.25, 0.3) is 0 Å². The number of carbonyl (C=O) groups excluding carboxylic acids is 1. The standard InChI is InChI=1S/C16H13BrN2O2/c1-19-15(14(21-2)9-18-19)16(20)12-4-3-11-8-13(17)6-5-10(11)7-12/h3-9H,1-2H3. The van der Waals surface area contributed by atoms with Gasteiger partial charge in [-0.15, -0.1) is 0 Å². The van der Waals surface area contributed by atoms with Gasteiger partial charge < -0.3 is 4.74 Å². The maximum absolute atomic E-state index is 12.7. The molecule has 0 aliphatic rings. The zero-order valence-corrected chi connectivity index (χ0v) is 13.2. The van der Waals surface area contributed by atoms with Crippen LogP contribution in [-0.4, -0.2) is 22.7 Å². The minimum Gasteiger partial charge on any atom is -0.493 e. The van der Waals surface area contributed by atoms with Crippen molar-refractivity contribution in [2.24, 2.45) is 7.05 Å². The molecule has 0 bridgehead atoms. The van der Waals surface area contributed by atoms with Crippen molar-refractivity contribution in [2.75, 3.05) is 7.11 Å². The lowest BCUT2D eigenvalue weighted by molar-refractivity contribution is 0.102. The first-order valence-electron chi connectivity index (χ1n) is 6.40. The molecule has 0 saturated heterocycles. The van der Waals surface area contributed by atoms with Crippen molar-refractivity contribution < 1.29 is 9.53 Å². The van der Waals surface area contributed by atoms with E-state index in [9.17, 15) is 4.79 Å². The third-order valence-corrected chi connectivity index (χ3v) is 3.90. The number of hydrogen-bond donors (Lipinski definition) is 0. The fourth-order valence-electron chi connectivity index (χ4n) is 2.32. The van der Waals surface area contributed by atoms with Crippen molar-refractivity contribution in [3.8, 4) is 5.75 Å². The van der Waals surface area contributed by atoms with Crippen LogP contribution in [0.3, 0.4) is 0 Å². The highest BCUT2D eigenvalue weighted by Gasteiger charge is 2.19. The van der Waals surface area contributed by atoms with E-state index in [2.05, 4.69) is 21.0 Å². The third kappa shape index (κ3) is 2.45. The lowest BCUT2D eigenvalue weighted by Gasteiger charge is -2.06. The molecular formula is C16H13BrN2O2. The number of rotatable bonds is 3. The summed E-state index contributed by atoms with van der Waals surface area (Å²) in [5, 5.41) is 6.17. The first kappa shape index (κ1) is 13.8. The molecule has 0 unspecified atom stereocenters. The molecule has 0 saturated carbocycles. The third-order valence-electron chi connectivity index (χ3n) is 3.40. The van der Waals surface area contributed by atoms with Crippen LogP contribution in [0, 0.1) is 0 Å². The maximum Gasteiger partial charge on any atom is 0.214 e. The van der Waals surface area contributed by atoms with E-state index in [0.29, 0.717) is 17.0 Å². The molecule has 3 rings (SSSR count). The van der Waals surface area contributed by atoms with Gasteiger partial charge >= 0.3 is 0 Å². The molecule has 4 nitrogen and oxygen atoms in total. The number of methoxy groups -OCH3 is 1. The highest BCUT2D eigenvalue weighted by molar-refractivity contribution is 9.10. The summed E-state index contributed by atoms with van der Waals surface area (Å²) in [5.41, 5.74) is 1.07. The molecule has 0 aliphatic heterocycles. The Kier molecular flexibility index (Phi) is 3.51. The number of aryl methyl sites for hydroxylation is 1. The van der Waals surface area contributed by atoms with E-state index in [-0.39, 0.29) is 5.78 Å². The fraction of sp³-hybridized carbons (Fsp3) is 0.125. The summed E-state index contributed by atoms with van der Waals surface area (Å²) in [6.45, 7) is 0. The molecule has 0 fully saturated rings. The Morgan fingerprint density at radius 2 is 1.90 bits per heavy atom. The van der Waals surface area contributed by atoms with E-state index >= 15 is 0 Å². The van der Waals surface area contributed by atoms with Gasteiger partial charge in [-0.1, -0.05) is 34.1 Å². The van der Waals surface area contributed by atoms with Gasteiger partial charge in [0.05, 0.1) is 13.3 Å². The van der Waals surface area contributed by atoms with Crippen LogP contribution in [0.2, 0.25) is 0 Å². The predicted octanol–water partition coefficient (Wildman–Crippen LogP) is 3.58. The number of ketones is 1. The molecule has 1 heterocycles. The average molecular weight is 345 g/mol. The SMILES string of the molecule is COc1cnn(C)c1C(=O)c1ccc2cc(Br)ccc2c1. The molecule has 21 heavy (non-hydrogen) atoms. The quantitative estimate of drug-likeness (QED) is 0.682. The molecule has 5 heteroatoms. The lowest BCUT2D eigenvalue weighted by atomic mass is 10.0. The number of halogens is 1. The monoisotopic (exact) mass is 344 g/mol. The second-order valence-electron chi connectivity index (χ2n) is 4.72. The van der Waals surface area contributed by atoms with E-state index < -0.39 is 0 Å². The molecular weight excluding hydrogens is 332 g/mol. The second kappa shape index (κ2) is 5.33. The van der Waals surface area contributed by atoms with Gasteiger partial charge in [0, 0.05) is 17.1 Å². The van der Waals surface area contributed by atoms with E-state index in [4.69, 9.17) is 4.74 Å². The predicted molar refractivity (Wildman–Crippen MR) is 84.8 cm³/mol. The topological polar surface area (TPSA) is 44.1 Å². The molecule has 0 aliphatic carbocycles. The Labute approximate surface area is 130 Å². The summed E-state index contributed by atoms with van der Waals surface area (Å²) in [5.74, 6) is 0.384. The van der Waals surface area contributed by atoms with Gasteiger partial charge in [0.2, 0.25) is 5.78 Å². The number of aromatic nitrogens is 2. The van der Waals surface area contributed by atoms with Crippen LogP contribution in [0.5, 0.6) is 5.75 Å². The second-order valence-corrected chi connectivity index (χ2v) is 5.64. The summed E-state index contributed by atoms with van der Waals surface area (Å²) in [4.78, 5) is 12.7. The average Bonchev–Trinajstić information content (AvgIpc) is 2.86. The normalized spacial score (nSPS) is 10.8. The van der Waals surface area contributed by atoms with Crippen LogP contribution < -0.4 is 4.74 Å². The van der Waals surface area contributed by atoms with Gasteiger partial charge in [0.15, 0.2) is 11.4 Å². The molecule has 0 amide bonds. The zero-order chi connectivity index (χ0) is 15.0. The lowest BCUT2D eigenvalue weighted by Crippen LogP contribution is -2.09. The van der Waals surface area contributed by atoms with Crippen LogP contribution in [0.4, 0.5) is 0 Å². The number of hydrogen-bond acceptors (Lipinski definition) is 3. The molecule has 0 radical (unpaired) electrons. The number of benzene rings is 2. The Balaban J connectivity index is 2.09. The molecule has 2 aromatic carbocycles. The molecule has 0 atom stereocenters. The highest BCUT2D eigenvalue weighted by Crippen LogP contribution is 2.24. The minimum absolute atomic E-state index is 0.100. The Hall–Kier alpha value is -2.14. The number of ether oxygens (including phenoxy) is 1. The summed E-state index contributed by atoms with van der Waals surface area (Å²) < 4.78 is 7.75. The smallest absolute Gasteiger partial charge is 0.214 e. The zero-order valence-electron chi connectivity index (χ0n) is 11.6. The Bertz CT molecular complexity index is 839. The van der Waals surface area contributed by atoms with E-state index in [0.717, 1.165) is 15.2 Å². The van der Waals surface area contributed by atoms with Gasteiger partial charge in [0.1, 0.15) is 0 Å². The Morgan fingerprint density at radius 1 is 1.19 bits per heavy atom. The van der Waals surface area contributed by atoms with Gasteiger partial charge in [-0.3, -0.25) is 9.48 Å². The van der Waals surface area contributed by atoms with Crippen molar-refractivity contribution in [3.63, 3.8) is 0 Å². The van der Waals surface area contributed by atoms with Gasteiger partial charge in [-0.2, -0.15) is 5.10 Å². The van der Waals surface area contributed by atoms with Gasteiger partial charge in [-0.05, 0) is 29.0 Å². The van der Waals surface area contributed by atoms with Crippen LogP contribution in [0.25, 0.3) is 10.8 Å². The van der Waals surface area contributed by atoms with E-state index in [1.165, 1.54) is 11.8 Å². The first-order chi connectivity index (χ1) is 10.1. The van der Waals surface area contributed by atoms with Crippen molar-refractivity contribution in [2.45, 2.75) is 0 Å². The van der Waals surface area contributed by atoms with E-state index in [1.807, 2.05) is 36.4 Å². The highest BCUT2D eigenvalue weighted by atomic mass is 79.9. The van der Waals surface area contributed by atoms with Gasteiger partial charge in [-0.25, -0.2) is 0 Å². The largest absolute Gasteiger partial charge is 0.493 e. The Morgan fingerprint density at radius 3 is 2.67 bits per heavy atom. The number of nitrogens with zero attached hydrogens (tertiary/aromatic N) is 2. The van der Waals surface area contributed by atoms with Crippen molar-refractivity contribution >= 4 is 32.5 Å². The van der Waals surface area contributed by atoms with Crippen LogP contribution in [-0.2, 0) is 7.05 Å². The fourth-order valence-corrected chi connectivity index (χ4v) is 2.70. The van der Waals surface area contributed by atoms with E-state index in [1.54, 1.807) is 13.2 Å². The molecule has 106 valence electrons. The van der Waals surface area contributed by atoms with Crippen molar-refractivity contribution in [1.82, 2.24) is 9.78 Å². The summed E-state index contributed by atoms with van der Waals surface area (Å²) >= 11 is 3.44. The van der Waals surface area contributed by atoms with Crippen molar-refractivity contribution in [3.05, 3.63) is 58.3 Å². The van der Waals surface area contributed by atoms with Crippen LogP contribution in [0.15, 0.2) is 47.1 Å². The number of fused-ring (bicyclic) bond motifs is 1. The molecule has 1 aromatic heterocycles. The molecule has 0 spiro atoms. The summed E-state index contributed by atoms with van der Waals surface area (Å²) in [6.07, 6.45) is 1.55. The summed E-state index contributed by atoms with van der Waals surface area (Å²) in [7, 11) is 3.26. The minimum atomic E-state index is -0.100. The summed E-state index contributed by atoms with van der Waals surface area (Å²) in [6, 6.07) is 11.6. The van der Waals surface area contributed by atoms with Crippen LogP contribution >= 0.6 is 15.9 Å². The maximum atomic E-state index is 12.7. The number of carbonyl (C=O) groups is 1. The molecule has 0 N–H and O–H groups in total. The first-order valence-corrected chi connectivity index (χ1v) is 7.19. The molecule has 3 aromatic rings.